The molecule has 132 valence electrons. The van der Waals surface area contributed by atoms with E-state index in [-0.39, 0.29) is 17.7 Å². The maximum atomic E-state index is 12.8. The molecule has 0 N–H and O–H groups in total. The van der Waals surface area contributed by atoms with Gasteiger partial charge in [-0.1, -0.05) is 0 Å². The maximum absolute atomic E-state index is 12.8. The third kappa shape index (κ3) is 3.79. The summed E-state index contributed by atoms with van der Waals surface area (Å²) in [6.07, 6.45) is 7.82. The highest BCUT2D eigenvalue weighted by Gasteiger charge is 2.32. The first-order chi connectivity index (χ1) is 11.5. The largest absolute Gasteiger partial charge is 0.342 e. The third-order valence-corrected chi connectivity index (χ3v) is 5.52. The van der Waals surface area contributed by atoms with Gasteiger partial charge < -0.3 is 14.4 Å². The van der Waals surface area contributed by atoms with Crippen molar-refractivity contribution < 1.29 is 9.59 Å². The predicted molar refractivity (Wildman–Crippen MR) is 91.2 cm³/mol. The smallest absolute Gasteiger partial charge is 0.227 e. The van der Waals surface area contributed by atoms with Gasteiger partial charge in [-0.3, -0.25) is 9.59 Å². The normalized spacial score (nSPS) is 22.7. The number of imidazole rings is 1. The number of carbonyl (C=O) groups excluding carboxylic acids is 2. The summed E-state index contributed by atoms with van der Waals surface area (Å²) in [6, 6.07) is 0. The Morgan fingerprint density at radius 2 is 1.92 bits per heavy atom. The molecule has 0 aliphatic carbocycles. The molecule has 0 spiro atoms. The average Bonchev–Trinajstić information content (AvgIpc) is 3.00. The van der Waals surface area contributed by atoms with Crippen LogP contribution in [0.1, 0.15) is 38.4 Å². The van der Waals surface area contributed by atoms with Gasteiger partial charge in [0.15, 0.2) is 0 Å². The van der Waals surface area contributed by atoms with Crippen LogP contribution in [0.5, 0.6) is 0 Å². The van der Waals surface area contributed by atoms with E-state index in [0.29, 0.717) is 12.5 Å². The van der Waals surface area contributed by atoms with Crippen LogP contribution in [-0.2, 0) is 16.1 Å². The number of hydrogen-bond donors (Lipinski definition) is 0. The number of carbonyl (C=O) groups is 2. The molecule has 6 nitrogen and oxygen atoms in total. The molecule has 2 aliphatic rings. The van der Waals surface area contributed by atoms with Crippen LogP contribution in [-0.4, -0.2) is 57.3 Å². The monoisotopic (exact) mass is 332 g/mol. The topological polar surface area (TPSA) is 58.4 Å². The molecule has 1 aromatic rings. The van der Waals surface area contributed by atoms with E-state index in [1.807, 2.05) is 29.1 Å². The summed E-state index contributed by atoms with van der Waals surface area (Å²) in [6.45, 7) is 7.70. The molecule has 6 heteroatoms. The van der Waals surface area contributed by atoms with Gasteiger partial charge in [0, 0.05) is 52.0 Å². The predicted octanol–water partition coefficient (Wildman–Crippen LogP) is 1.69. The van der Waals surface area contributed by atoms with Gasteiger partial charge in [-0.25, -0.2) is 4.98 Å². The highest BCUT2D eigenvalue weighted by molar-refractivity contribution is 5.80. The van der Waals surface area contributed by atoms with Gasteiger partial charge in [-0.2, -0.15) is 0 Å². The van der Waals surface area contributed by atoms with Crippen LogP contribution in [0.3, 0.4) is 0 Å². The SMILES string of the molecule is CC(=O)N1CCC[C@@H](C(=O)N2CCC(Cn3ccnc3C)CC2)C1. The molecule has 0 unspecified atom stereocenters. The van der Waals surface area contributed by atoms with Crippen molar-refractivity contribution in [3.05, 3.63) is 18.2 Å². The Morgan fingerprint density at radius 1 is 1.17 bits per heavy atom. The summed E-state index contributed by atoms with van der Waals surface area (Å²) in [5, 5.41) is 0. The molecule has 0 aromatic carbocycles. The van der Waals surface area contributed by atoms with Crippen molar-refractivity contribution in [2.45, 2.75) is 46.1 Å². The fourth-order valence-corrected chi connectivity index (χ4v) is 3.93. The Morgan fingerprint density at radius 3 is 2.54 bits per heavy atom. The Bertz CT molecular complexity index is 590. The summed E-state index contributed by atoms with van der Waals surface area (Å²) in [7, 11) is 0. The standard InChI is InChI=1S/C18H28N4O2/c1-14-19-7-11-21(14)12-16-5-9-20(10-6-16)18(24)17-4-3-8-22(13-17)15(2)23/h7,11,16-17H,3-6,8-10,12-13H2,1-2H3/t17-/m1/s1. The molecule has 1 aromatic heterocycles. The highest BCUT2D eigenvalue weighted by Crippen LogP contribution is 2.24. The first-order valence-electron chi connectivity index (χ1n) is 9.06. The second-order valence-corrected chi connectivity index (χ2v) is 7.20. The minimum Gasteiger partial charge on any atom is -0.342 e. The van der Waals surface area contributed by atoms with Crippen LogP contribution >= 0.6 is 0 Å². The number of hydrogen-bond acceptors (Lipinski definition) is 3. The van der Waals surface area contributed by atoms with Crippen molar-refractivity contribution in [1.29, 1.82) is 0 Å². The van der Waals surface area contributed by atoms with Gasteiger partial charge in [0.1, 0.15) is 5.82 Å². The lowest BCUT2D eigenvalue weighted by Crippen LogP contribution is -2.48. The minimum absolute atomic E-state index is 0.00454. The lowest BCUT2D eigenvalue weighted by Gasteiger charge is -2.37. The van der Waals surface area contributed by atoms with E-state index in [1.165, 1.54) is 0 Å². The third-order valence-electron chi connectivity index (χ3n) is 5.52. The fourth-order valence-electron chi connectivity index (χ4n) is 3.93. The molecule has 2 fully saturated rings. The molecule has 0 saturated carbocycles. The summed E-state index contributed by atoms with van der Waals surface area (Å²) in [4.78, 5) is 32.4. The van der Waals surface area contributed by atoms with E-state index in [2.05, 4.69) is 9.55 Å². The maximum Gasteiger partial charge on any atom is 0.227 e. The Balaban J connectivity index is 1.50. The lowest BCUT2D eigenvalue weighted by atomic mass is 9.92. The van der Waals surface area contributed by atoms with E-state index in [9.17, 15) is 9.59 Å². The van der Waals surface area contributed by atoms with Crippen LogP contribution < -0.4 is 0 Å². The number of amides is 2. The second kappa shape index (κ2) is 7.36. The Kier molecular flexibility index (Phi) is 5.21. The molecule has 0 radical (unpaired) electrons. The fraction of sp³-hybridized carbons (Fsp3) is 0.722. The van der Waals surface area contributed by atoms with Crippen molar-refractivity contribution >= 4 is 11.8 Å². The first-order valence-corrected chi connectivity index (χ1v) is 9.06. The van der Waals surface area contributed by atoms with Gasteiger partial charge >= 0.3 is 0 Å². The molecule has 3 heterocycles. The number of nitrogens with zero attached hydrogens (tertiary/aromatic N) is 4. The van der Waals surface area contributed by atoms with Gasteiger partial charge in [0.2, 0.25) is 11.8 Å². The summed E-state index contributed by atoms with van der Waals surface area (Å²) >= 11 is 0. The summed E-state index contributed by atoms with van der Waals surface area (Å²) in [5.74, 6) is 2.00. The molecule has 1 atom stereocenters. The number of aryl methyl sites for hydroxylation is 1. The molecule has 2 aliphatic heterocycles. The minimum atomic E-state index is -0.00454. The van der Waals surface area contributed by atoms with Crippen LogP contribution in [0.4, 0.5) is 0 Å². The molecule has 3 rings (SSSR count). The van der Waals surface area contributed by atoms with Crippen molar-refractivity contribution in [1.82, 2.24) is 19.4 Å². The van der Waals surface area contributed by atoms with Crippen molar-refractivity contribution in [3.63, 3.8) is 0 Å². The molecular formula is C18H28N4O2. The number of piperidine rings is 2. The molecule has 2 amide bonds. The molecule has 0 bridgehead atoms. The Labute approximate surface area is 143 Å². The number of rotatable bonds is 3. The van der Waals surface area contributed by atoms with Gasteiger partial charge in [-0.05, 0) is 38.5 Å². The van der Waals surface area contributed by atoms with E-state index in [0.717, 1.165) is 57.7 Å². The zero-order chi connectivity index (χ0) is 17.1. The molecule has 24 heavy (non-hydrogen) atoms. The first kappa shape index (κ1) is 17.0. The zero-order valence-corrected chi connectivity index (χ0v) is 14.8. The quantitative estimate of drug-likeness (QED) is 0.846. The average molecular weight is 332 g/mol. The summed E-state index contributed by atoms with van der Waals surface area (Å²) < 4.78 is 2.20. The Hall–Kier alpha value is -1.85. The van der Waals surface area contributed by atoms with E-state index in [1.54, 1.807) is 6.92 Å². The van der Waals surface area contributed by atoms with Gasteiger partial charge in [-0.15, -0.1) is 0 Å². The second-order valence-electron chi connectivity index (χ2n) is 7.20. The van der Waals surface area contributed by atoms with Crippen LogP contribution in [0, 0.1) is 18.8 Å². The van der Waals surface area contributed by atoms with Gasteiger partial charge in [0.25, 0.3) is 0 Å². The van der Waals surface area contributed by atoms with E-state index in [4.69, 9.17) is 0 Å². The number of likely N-dealkylation sites (tertiary alicyclic amines) is 2. The van der Waals surface area contributed by atoms with Crippen LogP contribution in [0.15, 0.2) is 12.4 Å². The van der Waals surface area contributed by atoms with E-state index < -0.39 is 0 Å². The molecular weight excluding hydrogens is 304 g/mol. The highest BCUT2D eigenvalue weighted by atomic mass is 16.2. The van der Waals surface area contributed by atoms with Crippen molar-refractivity contribution in [2.24, 2.45) is 11.8 Å². The van der Waals surface area contributed by atoms with Crippen LogP contribution in [0.2, 0.25) is 0 Å². The lowest BCUT2D eigenvalue weighted by molar-refractivity contribution is -0.141. The van der Waals surface area contributed by atoms with Crippen molar-refractivity contribution in [3.8, 4) is 0 Å². The van der Waals surface area contributed by atoms with E-state index >= 15 is 0 Å². The zero-order valence-electron chi connectivity index (χ0n) is 14.8. The summed E-state index contributed by atoms with van der Waals surface area (Å²) in [5.41, 5.74) is 0. The van der Waals surface area contributed by atoms with Gasteiger partial charge in [0.05, 0.1) is 5.92 Å². The number of aromatic nitrogens is 2. The van der Waals surface area contributed by atoms with Crippen LogP contribution in [0.25, 0.3) is 0 Å². The molecule has 2 saturated heterocycles. The van der Waals surface area contributed by atoms with Crippen molar-refractivity contribution in [2.75, 3.05) is 26.2 Å².